The largest absolute Gasteiger partial charge is 0.484 e. The molecule has 2 aromatic rings. The summed E-state index contributed by atoms with van der Waals surface area (Å²) in [5.41, 5.74) is 12.1. The fourth-order valence-corrected chi connectivity index (χ4v) is 2.15. The van der Waals surface area contributed by atoms with Crippen molar-refractivity contribution in [2.45, 2.75) is 19.9 Å². The average molecular weight is 424 g/mol. The minimum atomic E-state index is -0.666. The number of carbonyl (C=O) groups is 2. The van der Waals surface area contributed by atoms with Gasteiger partial charge in [0.1, 0.15) is 11.8 Å². The van der Waals surface area contributed by atoms with Crippen LogP contribution >= 0.6 is 15.9 Å². The third-order valence-corrected chi connectivity index (χ3v) is 4.14. The number of primary amides is 1. The molecule has 26 heavy (non-hydrogen) atoms. The lowest BCUT2D eigenvalue weighted by atomic mass is 10.2. The van der Waals surface area contributed by atoms with E-state index in [2.05, 4.69) is 26.2 Å². The highest BCUT2D eigenvalue weighted by Crippen LogP contribution is 2.17. The maximum atomic E-state index is 12.1. The molecule has 0 aliphatic rings. The summed E-state index contributed by atoms with van der Waals surface area (Å²) in [6.45, 7) is 3.23. The minimum Gasteiger partial charge on any atom is -0.484 e. The van der Waals surface area contributed by atoms with Crippen molar-refractivity contribution >= 4 is 33.6 Å². The van der Waals surface area contributed by atoms with Gasteiger partial charge in [0.15, 0.2) is 12.4 Å². The first-order valence-electron chi connectivity index (χ1n) is 7.55. The van der Waals surface area contributed by atoms with Crippen molar-refractivity contribution in [3.63, 3.8) is 0 Å². The molecule has 0 saturated carbocycles. The number of hydrogen-bond donors (Lipinski definition) is 2. The van der Waals surface area contributed by atoms with E-state index >= 15 is 0 Å². The average Bonchev–Trinajstić information content (AvgIpc) is 2.96. The molecule has 9 nitrogen and oxygen atoms in total. The zero-order valence-electron chi connectivity index (χ0n) is 14.2. The molecule has 0 saturated heterocycles. The first-order chi connectivity index (χ1) is 12.3. The zero-order chi connectivity index (χ0) is 19.3. The van der Waals surface area contributed by atoms with Gasteiger partial charge in [-0.25, -0.2) is 4.79 Å². The number of nitrogens with zero attached hydrogens (tertiary/aromatic N) is 3. The molecule has 0 fully saturated rings. The monoisotopic (exact) mass is 423 g/mol. The molecule has 0 radical (unpaired) electrons. The summed E-state index contributed by atoms with van der Waals surface area (Å²) in [7, 11) is 0. The van der Waals surface area contributed by atoms with E-state index in [1.54, 1.807) is 37.4 Å². The predicted octanol–water partition coefficient (Wildman–Crippen LogP) is 1.24. The number of oxime groups is 1. The summed E-state index contributed by atoms with van der Waals surface area (Å²) in [5.74, 6) is -0.713. The third-order valence-electron chi connectivity index (χ3n) is 3.36. The van der Waals surface area contributed by atoms with Crippen LogP contribution in [0.3, 0.4) is 0 Å². The van der Waals surface area contributed by atoms with Gasteiger partial charge in [-0.2, -0.15) is 5.10 Å². The Bertz CT molecular complexity index is 812. The molecule has 2 rings (SSSR count). The number of carbonyl (C=O) groups excluding carboxylic acids is 2. The van der Waals surface area contributed by atoms with E-state index in [4.69, 9.17) is 21.0 Å². The molecular formula is C16H18BrN5O4. The number of hydrogen-bond acceptors (Lipinski definition) is 6. The molecule has 1 aromatic heterocycles. The maximum absolute atomic E-state index is 12.1. The van der Waals surface area contributed by atoms with E-state index in [0.717, 1.165) is 10.2 Å². The quantitative estimate of drug-likeness (QED) is 0.297. The van der Waals surface area contributed by atoms with Crippen LogP contribution in [0, 0.1) is 6.92 Å². The van der Waals surface area contributed by atoms with Gasteiger partial charge in [0.05, 0.1) is 10.2 Å². The Balaban J connectivity index is 1.98. The van der Waals surface area contributed by atoms with Crippen molar-refractivity contribution in [2.24, 2.45) is 16.6 Å². The standard InChI is InChI=1S/C16H18BrN5O4/c1-9-13(17)7-22(20-9)10(2)16(24)26-21-15(19)11-3-5-12(6-4-11)25-8-14(18)23/h3-7,10H,8H2,1-2H3,(H2,18,23)(H2,19,21). The summed E-state index contributed by atoms with van der Waals surface area (Å²) >= 11 is 3.33. The highest BCUT2D eigenvalue weighted by atomic mass is 79.9. The molecule has 4 N–H and O–H groups in total. The number of ether oxygens (including phenoxy) is 1. The van der Waals surface area contributed by atoms with Crippen molar-refractivity contribution in [3.8, 4) is 5.75 Å². The summed E-state index contributed by atoms with van der Waals surface area (Å²) < 4.78 is 7.40. The molecular weight excluding hydrogens is 406 g/mol. The highest BCUT2D eigenvalue weighted by molar-refractivity contribution is 9.10. The first kappa shape index (κ1) is 19.4. The normalized spacial score (nSPS) is 12.5. The van der Waals surface area contributed by atoms with Crippen LogP contribution in [0.15, 0.2) is 40.1 Å². The summed E-state index contributed by atoms with van der Waals surface area (Å²) in [6.07, 6.45) is 1.68. The second-order valence-corrected chi connectivity index (χ2v) is 6.24. The van der Waals surface area contributed by atoms with E-state index in [1.165, 1.54) is 4.68 Å². The Morgan fingerprint density at radius 1 is 1.31 bits per heavy atom. The van der Waals surface area contributed by atoms with Crippen LogP contribution in [-0.4, -0.2) is 34.1 Å². The van der Waals surface area contributed by atoms with E-state index < -0.39 is 17.9 Å². The molecule has 0 bridgehead atoms. The lowest BCUT2D eigenvalue weighted by Gasteiger charge is -2.09. The van der Waals surface area contributed by atoms with Crippen LogP contribution in [0.1, 0.15) is 24.2 Å². The molecule has 0 spiro atoms. The van der Waals surface area contributed by atoms with Crippen molar-refractivity contribution in [2.75, 3.05) is 6.61 Å². The van der Waals surface area contributed by atoms with E-state index in [-0.39, 0.29) is 12.4 Å². The van der Waals surface area contributed by atoms with Crippen LogP contribution in [-0.2, 0) is 14.4 Å². The number of nitrogens with two attached hydrogens (primary N) is 2. The van der Waals surface area contributed by atoms with E-state index in [0.29, 0.717) is 11.3 Å². The number of rotatable bonds is 7. The smallest absolute Gasteiger partial charge is 0.359 e. The number of aromatic nitrogens is 2. The van der Waals surface area contributed by atoms with Crippen molar-refractivity contribution < 1.29 is 19.2 Å². The second-order valence-electron chi connectivity index (χ2n) is 5.38. The number of halogens is 1. The Morgan fingerprint density at radius 2 is 1.96 bits per heavy atom. The lowest BCUT2D eigenvalue weighted by Crippen LogP contribution is -2.21. The fourth-order valence-electron chi connectivity index (χ4n) is 1.87. The first-order valence-corrected chi connectivity index (χ1v) is 8.34. The Kier molecular flexibility index (Phi) is 6.34. The molecule has 1 aromatic carbocycles. The zero-order valence-corrected chi connectivity index (χ0v) is 15.8. The van der Waals surface area contributed by atoms with Crippen LogP contribution in [0.25, 0.3) is 0 Å². The Morgan fingerprint density at radius 3 is 2.50 bits per heavy atom. The van der Waals surface area contributed by atoms with Crippen molar-refractivity contribution in [3.05, 3.63) is 46.2 Å². The molecule has 1 heterocycles. The van der Waals surface area contributed by atoms with Gasteiger partial charge in [0.25, 0.3) is 5.91 Å². The van der Waals surface area contributed by atoms with E-state index in [9.17, 15) is 9.59 Å². The molecule has 138 valence electrons. The molecule has 1 amide bonds. The van der Waals surface area contributed by atoms with Gasteiger partial charge < -0.3 is 21.0 Å². The van der Waals surface area contributed by atoms with Gasteiger partial charge in [-0.15, -0.1) is 0 Å². The Labute approximate surface area is 158 Å². The lowest BCUT2D eigenvalue weighted by molar-refractivity contribution is -0.147. The topological polar surface area (TPSA) is 135 Å². The summed E-state index contributed by atoms with van der Waals surface area (Å²) in [6, 6.07) is 5.74. The number of amidine groups is 1. The van der Waals surface area contributed by atoms with Gasteiger partial charge in [-0.3, -0.25) is 9.48 Å². The van der Waals surface area contributed by atoms with Gasteiger partial charge in [0.2, 0.25) is 0 Å². The maximum Gasteiger partial charge on any atom is 0.359 e. The van der Waals surface area contributed by atoms with Crippen LogP contribution < -0.4 is 16.2 Å². The minimum absolute atomic E-state index is 0.0184. The third kappa shape index (κ3) is 5.06. The molecule has 10 heteroatoms. The number of amides is 1. The molecule has 1 unspecified atom stereocenters. The predicted molar refractivity (Wildman–Crippen MR) is 97.3 cm³/mol. The van der Waals surface area contributed by atoms with Gasteiger partial charge in [-0.05, 0) is 54.0 Å². The van der Waals surface area contributed by atoms with Crippen molar-refractivity contribution in [1.29, 1.82) is 0 Å². The number of benzene rings is 1. The molecule has 0 aliphatic carbocycles. The SMILES string of the molecule is Cc1nn(C(C)C(=O)O/N=C(\N)c2ccc(OCC(N)=O)cc2)cc1Br. The fraction of sp³-hybridized carbons (Fsp3) is 0.250. The highest BCUT2D eigenvalue weighted by Gasteiger charge is 2.19. The Hall–Kier alpha value is -2.88. The van der Waals surface area contributed by atoms with Gasteiger partial charge in [0, 0.05) is 11.8 Å². The van der Waals surface area contributed by atoms with Crippen LogP contribution in [0.5, 0.6) is 5.75 Å². The number of aryl methyl sites for hydroxylation is 1. The molecule has 0 aliphatic heterocycles. The van der Waals surface area contributed by atoms with Crippen molar-refractivity contribution in [1.82, 2.24) is 9.78 Å². The second kappa shape index (κ2) is 8.48. The van der Waals surface area contributed by atoms with Gasteiger partial charge in [-0.1, -0.05) is 5.16 Å². The molecule has 1 atom stereocenters. The summed E-state index contributed by atoms with van der Waals surface area (Å²) in [5, 5.41) is 7.85. The van der Waals surface area contributed by atoms with E-state index in [1.807, 2.05) is 6.92 Å². The van der Waals surface area contributed by atoms with Gasteiger partial charge >= 0.3 is 5.97 Å². The van der Waals surface area contributed by atoms with Crippen LogP contribution in [0.4, 0.5) is 0 Å². The summed E-state index contributed by atoms with van der Waals surface area (Å²) in [4.78, 5) is 27.6. The van der Waals surface area contributed by atoms with Crippen LogP contribution in [0.2, 0.25) is 0 Å².